The highest BCUT2D eigenvalue weighted by molar-refractivity contribution is 7.89. The van der Waals surface area contributed by atoms with Crippen molar-refractivity contribution in [1.29, 1.82) is 0 Å². The average molecular weight is 421 g/mol. The van der Waals surface area contributed by atoms with Crippen molar-refractivity contribution in [1.82, 2.24) is 9.88 Å². The molecule has 2 heterocycles. The third-order valence-electron chi connectivity index (χ3n) is 4.15. The minimum atomic E-state index is -3.63. The van der Waals surface area contributed by atoms with Crippen LogP contribution in [0.25, 0.3) is 0 Å². The number of hydrogen-bond donors (Lipinski definition) is 2. The number of aryl methyl sites for hydroxylation is 1. The van der Waals surface area contributed by atoms with Crippen LogP contribution in [0.2, 0.25) is 0 Å². The molecule has 10 heteroatoms. The quantitative estimate of drug-likeness (QED) is 0.768. The summed E-state index contributed by atoms with van der Waals surface area (Å²) in [5.74, 6) is -0.968. The fraction of sp³-hybridized carbons (Fsp3) is 0.316. The van der Waals surface area contributed by atoms with Gasteiger partial charge in [-0.1, -0.05) is 36.4 Å². The number of aliphatic carboxylic acids is 1. The molecule has 3 rings (SSSR count). The number of nitrogens with two attached hydrogens (primary N) is 1. The Morgan fingerprint density at radius 1 is 1.24 bits per heavy atom. The Morgan fingerprint density at radius 3 is 2.48 bits per heavy atom. The van der Waals surface area contributed by atoms with Crippen molar-refractivity contribution < 1.29 is 27.9 Å². The number of primary sulfonamides is 1. The van der Waals surface area contributed by atoms with Crippen LogP contribution in [-0.2, 0) is 26.2 Å². The Kier molecular flexibility index (Phi) is 7.68. The molecule has 0 radical (unpaired) electrons. The predicted molar refractivity (Wildman–Crippen MR) is 104 cm³/mol. The second-order valence-corrected chi connectivity index (χ2v) is 7.96. The molecule has 1 amide bonds. The first kappa shape index (κ1) is 22.3. The second kappa shape index (κ2) is 9.99. The van der Waals surface area contributed by atoms with Gasteiger partial charge < -0.3 is 9.84 Å². The molecule has 3 N–H and O–H groups in total. The van der Waals surface area contributed by atoms with Crippen molar-refractivity contribution in [2.45, 2.75) is 37.4 Å². The van der Waals surface area contributed by atoms with Gasteiger partial charge in [-0.15, -0.1) is 0 Å². The van der Waals surface area contributed by atoms with Gasteiger partial charge >= 0.3 is 12.1 Å². The number of aromatic nitrogens is 1. The molecule has 1 fully saturated rings. The number of hydrogen-bond acceptors (Lipinski definition) is 6. The van der Waals surface area contributed by atoms with E-state index in [9.17, 15) is 18.0 Å². The molecule has 2 aromatic rings. The molecule has 0 saturated carbocycles. The number of pyridine rings is 1. The molecule has 1 aromatic heterocycles. The number of benzene rings is 1. The molecule has 0 aliphatic carbocycles. The van der Waals surface area contributed by atoms with Gasteiger partial charge in [-0.05, 0) is 37.0 Å². The molecule has 0 unspecified atom stereocenters. The number of ether oxygens (including phenoxy) is 1. The Bertz CT molecular complexity index is 932. The summed E-state index contributed by atoms with van der Waals surface area (Å²) in [5, 5.41) is 13.7. The number of carbonyl (C=O) groups is 2. The SMILES string of the molecule is Cc1ccc(S(N)(=O)=O)nc1.O=C(O)[C@@H]1CCCN1C(=O)OCc1ccccc1. The smallest absolute Gasteiger partial charge is 0.410 e. The number of amides is 1. The lowest BCUT2D eigenvalue weighted by atomic mass is 10.2. The van der Waals surface area contributed by atoms with E-state index in [1.54, 1.807) is 6.07 Å². The average Bonchev–Trinajstić information content (AvgIpc) is 3.17. The predicted octanol–water partition coefficient (Wildman–Crippen LogP) is 1.91. The Hall–Kier alpha value is -2.98. The highest BCUT2D eigenvalue weighted by Gasteiger charge is 2.34. The van der Waals surface area contributed by atoms with Gasteiger partial charge in [-0.3, -0.25) is 4.90 Å². The van der Waals surface area contributed by atoms with Crippen LogP contribution in [-0.4, -0.2) is 48.1 Å². The van der Waals surface area contributed by atoms with E-state index in [0.717, 1.165) is 11.1 Å². The van der Waals surface area contributed by atoms with Crippen molar-refractivity contribution >= 4 is 22.1 Å². The Balaban J connectivity index is 0.000000234. The van der Waals surface area contributed by atoms with Gasteiger partial charge in [0.1, 0.15) is 12.6 Å². The number of carboxylic acids is 1. The maximum atomic E-state index is 11.8. The third kappa shape index (κ3) is 6.84. The fourth-order valence-electron chi connectivity index (χ4n) is 2.67. The largest absolute Gasteiger partial charge is 0.480 e. The van der Waals surface area contributed by atoms with E-state index in [-0.39, 0.29) is 11.6 Å². The van der Waals surface area contributed by atoms with Gasteiger partial charge in [0, 0.05) is 12.7 Å². The molecule has 1 aliphatic rings. The summed E-state index contributed by atoms with van der Waals surface area (Å²) in [7, 11) is -3.63. The molecular weight excluding hydrogens is 398 g/mol. The van der Waals surface area contributed by atoms with Crippen molar-refractivity contribution in [2.24, 2.45) is 5.14 Å². The van der Waals surface area contributed by atoms with E-state index in [4.69, 9.17) is 15.0 Å². The molecule has 1 aliphatic heterocycles. The van der Waals surface area contributed by atoms with Gasteiger partial charge in [0.05, 0.1) is 0 Å². The first-order valence-corrected chi connectivity index (χ1v) is 10.4. The molecule has 0 bridgehead atoms. The summed E-state index contributed by atoms with van der Waals surface area (Å²) in [6.45, 7) is 2.44. The van der Waals surface area contributed by atoms with Crippen molar-refractivity contribution in [2.75, 3.05) is 6.54 Å². The normalized spacial score (nSPS) is 15.9. The zero-order chi connectivity index (χ0) is 21.4. The minimum absolute atomic E-state index is 0.0944. The number of nitrogens with zero attached hydrogens (tertiary/aromatic N) is 2. The lowest BCUT2D eigenvalue weighted by molar-refractivity contribution is -0.141. The van der Waals surface area contributed by atoms with Gasteiger partial charge in [-0.2, -0.15) is 0 Å². The van der Waals surface area contributed by atoms with Crippen LogP contribution in [0.5, 0.6) is 0 Å². The Labute approximate surface area is 169 Å². The third-order valence-corrected chi connectivity index (χ3v) is 4.98. The summed E-state index contributed by atoms with van der Waals surface area (Å²) < 4.78 is 26.4. The lowest BCUT2D eigenvalue weighted by Gasteiger charge is -2.20. The Morgan fingerprint density at radius 2 is 1.93 bits per heavy atom. The highest BCUT2D eigenvalue weighted by atomic mass is 32.2. The first-order chi connectivity index (χ1) is 13.7. The summed E-state index contributed by atoms with van der Waals surface area (Å²) in [6.07, 6.45) is 2.11. The van der Waals surface area contributed by atoms with Crippen LogP contribution in [0.3, 0.4) is 0 Å². The van der Waals surface area contributed by atoms with E-state index in [1.165, 1.54) is 17.2 Å². The molecule has 9 nitrogen and oxygen atoms in total. The maximum Gasteiger partial charge on any atom is 0.410 e. The minimum Gasteiger partial charge on any atom is -0.480 e. The maximum absolute atomic E-state index is 11.8. The molecule has 1 atom stereocenters. The van der Waals surface area contributed by atoms with Crippen molar-refractivity contribution in [3.63, 3.8) is 0 Å². The molecular formula is C19H23N3O6S. The van der Waals surface area contributed by atoms with Crippen LogP contribution in [0.1, 0.15) is 24.0 Å². The summed E-state index contributed by atoms with van der Waals surface area (Å²) in [5.41, 5.74) is 1.79. The molecule has 156 valence electrons. The van der Waals surface area contributed by atoms with Crippen LogP contribution < -0.4 is 5.14 Å². The summed E-state index contributed by atoms with van der Waals surface area (Å²) in [6, 6.07) is 11.6. The number of rotatable bonds is 4. The van der Waals surface area contributed by atoms with Crippen molar-refractivity contribution in [3.05, 3.63) is 59.8 Å². The van der Waals surface area contributed by atoms with Crippen molar-refractivity contribution in [3.8, 4) is 0 Å². The van der Waals surface area contributed by atoms with Gasteiger partial charge in [0.15, 0.2) is 5.03 Å². The molecule has 1 saturated heterocycles. The van der Waals surface area contributed by atoms with Gasteiger partial charge in [0.25, 0.3) is 10.0 Å². The van der Waals surface area contributed by atoms with E-state index in [0.29, 0.717) is 19.4 Å². The van der Waals surface area contributed by atoms with Crippen LogP contribution in [0.4, 0.5) is 4.79 Å². The monoisotopic (exact) mass is 421 g/mol. The fourth-order valence-corrected chi connectivity index (χ4v) is 3.12. The highest BCUT2D eigenvalue weighted by Crippen LogP contribution is 2.18. The number of likely N-dealkylation sites (tertiary alicyclic amines) is 1. The number of carbonyl (C=O) groups excluding carboxylic acids is 1. The molecule has 29 heavy (non-hydrogen) atoms. The van der Waals surface area contributed by atoms with E-state index >= 15 is 0 Å². The topological polar surface area (TPSA) is 140 Å². The zero-order valence-electron chi connectivity index (χ0n) is 15.9. The van der Waals surface area contributed by atoms with E-state index in [2.05, 4.69) is 4.98 Å². The number of carboxylic acid groups (broad SMARTS) is 1. The molecule has 1 aromatic carbocycles. The van der Waals surface area contributed by atoms with Crippen LogP contribution >= 0.6 is 0 Å². The second-order valence-electron chi connectivity index (χ2n) is 6.45. The molecule has 0 spiro atoms. The first-order valence-electron chi connectivity index (χ1n) is 8.84. The summed E-state index contributed by atoms with van der Waals surface area (Å²) in [4.78, 5) is 27.6. The van der Waals surface area contributed by atoms with Gasteiger partial charge in [0.2, 0.25) is 0 Å². The van der Waals surface area contributed by atoms with E-state index in [1.807, 2.05) is 37.3 Å². The van der Waals surface area contributed by atoms with Gasteiger partial charge in [-0.25, -0.2) is 28.1 Å². The van der Waals surface area contributed by atoms with E-state index < -0.39 is 28.1 Å². The summed E-state index contributed by atoms with van der Waals surface area (Å²) >= 11 is 0. The van der Waals surface area contributed by atoms with Crippen LogP contribution in [0, 0.1) is 6.92 Å². The number of sulfonamides is 1. The standard InChI is InChI=1S/C13H15NO4.C6H8N2O2S/c15-12(16)11-7-4-8-14(11)13(17)18-9-10-5-2-1-3-6-10;1-5-2-3-6(8-4-5)11(7,9)10/h1-3,5-6,11H,4,7-9H2,(H,15,16);2-4H,1H3,(H2,7,9,10)/t11-;/m0./s1. The van der Waals surface area contributed by atoms with Crippen LogP contribution in [0.15, 0.2) is 53.7 Å². The lowest BCUT2D eigenvalue weighted by Crippen LogP contribution is -2.40. The zero-order valence-corrected chi connectivity index (χ0v) is 16.7.